The van der Waals surface area contributed by atoms with Crippen molar-refractivity contribution >= 4 is 11.6 Å². The molecule has 0 aliphatic rings. The molecule has 0 saturated heterocycles. The van der Waals surface area contributed by atoms with E-state index in [4.69, 9.17) is 4.74 Å². The van der Waals surface area contributed by atoms with Crippen LogP contribution in [-0.4, -0.2) is 22.1 Å². The Morgan fingerprint density at radius 2 is 1.86 bits per heavy atom. The number of para-hydroxylation sites is 2. The number of aromatic nitrogens is 2. The minimum absolute atomic E-state index is 0.161. The maximum absolute atomic E-state index is 13.9. The van der Waals surface area contributed by atoms with Crippen molar-refractivity contribution in [2.45, 2.75) is 13.5 Å². The van der Waals surface area contributed by atoms with Crippen molar-refractivity contribution < 1.29 is 13.9 Å². The van der Waals surface area contributed by atoms with Gasteiger partial charge in [-0.25, -0.2) is 9.18 Å². The number of amides is 1. The SMILES string of the molecule is CCOc1ccccc1NC(=O)c1c[nH]c(=O)n(Cc2ccccc2F)c1=O. The van der Waals surface area contributed by atoms with E-state index in [0.29, 0.717) is 18.0 Å². The Morgan fingerprint density at radius 1 is 1.14 bits per heavy atom. The number of hydrogen-bond donors (Lipinski definition) is 2. The van der Waals surface area contributed by atoms with Crippen LogP contribution in [0.1, 0.15) is 22.8 Å². The van der Waals surface area contributed by atoms with Crippen LogP contribution < -0.4 is 21.3 Å². The van der Waals surface area contributed by atoms with E-state index in [9.17, 15) is 18.8 Å². The van der Waals surface area contributed by atoms with Crippen LogP contribution in [0.5, 0.6) is 5.75 Å². The first-order chi connectivity index (χ1) is 13.5. The summed E-state index contributed by atoms with van der Waals surface area (Å²) in [5, 5.41) is 2.60. The Bertz CT molecular complexity index is 1120. The summed E-state index contributed by atoms with van der Waals surface area (Å²) in [4.78, 5) is 39.7. The number of nitrogens with zero attached hydrogens (tertiary/aromatic N) is 1. The van der Waals surface area contributed by atoms with E-state index < -0.39 is 23.0 Å². The van der Waals surface area contributed by atoms with E-state index in [2.05, 4.69) is 10.3 Å². The molecule has 0 radical (unpaired) electrons. The molecule has 7 nitrogen and oxygen atoms in total. The van der Waals surface area contributed by atoms with Crippen molar-refractivity contribution in [1.82, 2.24) is 9.55 Å². The number of rotatable bonds is 6. The predicted molar refractivity (Wildman–Crippen MR) is 102 cm³/mol. The highest BCUT2D eigenvalue weighted by Crippen LogP contribution is 2.23. The maximum atomic E-state index is 13.9. The third kappa shape index (κ3) is 4.01. The van der Waals surface area contributed by atoms with Crippen LogP contribution in [0.15, 0.2) is 64.3 Å². The monoisotopic (exact) mass is 383 g/mol. The summed E-state index contributed by atoms with van der Waals surface area (Å²) in [6.45, 7) is 1.92. The molecule has 2 aromatic carbocycles. The molecule has 28 heavy (non-hydrogen) atoms. The summed E-state index contributed by atoms with van der Waals surface area (Å²) < 4.78 is 20.1. The van der Waals surface area contributed by atoms with Crippen LogP contribution in [0.3, 0.4) is 0 Å². The average molecular weight is 383 g/mol. The molecule has 0 fully saturated rings. The zero-order valence-corrected chi connectivity index (χ0v) is 15.1. The second-order valence-electron chi connectivity index (χ2n) is 5.87. The minimum atomic E-state index is -0.821. The molecule has 3 rings (SSSR count). The van der Waals surface area contributed by atoms with Gasteiger partial charge in [0.15, 0.2) is 0 Å². The van der Waals surface area contributed by atoms with Gasteiger partial charge in [-0.15, -0.1) is 0 Å². The molecule has 0 bridgehead atoms. The fourth-order valence-electron chi connectivity index (χ4n) is 2.66. The molecule has 2 N–H and O–H groups in total. The first kappa shape index (κ1) is 19.1. The van der Waals surface area contributed by atoms with Crippen LogP contribution in [0.25, 0.3) is 0 Å². The zero-order valence-electron chi connectivity index (χ0n) is 15.1. The molecule has 0 unspecified atom stereocenters. The summed E-state index contributed by atoms with van der Waals surface area (Å²) in [6.07, 6.45) is 1.04. The van der Waals surface area contributed by atoms with Gasteiger partial charge < -0.3 is 15.0 Å². The number of carbonyl (C=O) groups is 1. The first-order valence-electron chi connectivity index (χ1n) is 8.60. The van der Waals surface area contributed by atoms with Crippen molar-refractivity contribution in [3.63, 3.8) is 0 Å². The van der Waals surface area contributed by atoms with Gasteiger partial charge in [0.1, 0.15) is 17.1 Å². The van der Waals surface area contributed by atoms with Crippen molar-refractivity contribution in [3.05, 3.63) is 92.5 Å². The summed E-state index contributed by atoms with van der Waals surface area (Å²) in [6, 6.07) is 12.6. The summed E-state index contributed by atoms with van der Waals surface area (Å²) >= 11 is 0. The predicted octanol–water partition coefficient (Wildman–Crippen LogP) is 2.38. The third-order valence-electron chi connectivity index (χ3n) is 4.03. The van der Waals surface area contributed by atoms with E-state index in [-0.39, 0.29) is 17.7 Å². The van der Waals surface area contributed by atoms with Crippen LogP contribution in [0.4, 0.5) is 10.1 Å². The van der Waals surface area contributed by atoms with Crippen molar-refractivity contribution in [3.8, 4) is 5.75 Å². The second-order valence-corrected chi connectivity index (χ2v) is 5.87. The molecule has 1 heterocycles. The molecule has 1 amide bonds. The Morgan fingerprint density at radius 3 is 2.61 bits per heavy atom. The fraction of sp³-hybridized carbons (Fsp3) is 0.150. The number of halogens is 1. The summed E-state index contributed by atoms with van der Waals surface area (Å²) in [7, 11) is 0. The molecule has 0 aliphatic heterocycles. The fourth-order valence-corrected chi connectivity index (χ4v) is 2.66. The lowest BCUT2D eigenvalue weighted by Gasteiger charge is -2.12. The maximum Gasteiger partial charge on any atom is 0.328 e. The molecule has 8 heteroatoms. The van der Waals surface area contributed by atoms with Gasteiger partial charge in [0.25, 0.3) is 11.5 Å². The third-order valence-corrected chi connectivity index (χ3v) is 4.03. The number of hydrogen-bond acceptors (Lipinski definition) is 4. The highest BCUT2D eigenvalue weighted by atomic mass is 19.1. The Labute approximate surface area is 159 Å². The summed E-state index contributed by atoms with van der Waals surface area (Å²) in [5.41, 5.74) is -1.28. The minimum Gasteiger partial charge on any atom is -0.492 e. The van der Waals surface area contributed by atoms with E-state index in [0.717, 1.165) is 10.8 Å². The van der Waals surface area contributed by atoms with Crippen LogP contribution in [-0.2, 0) is 6.54 Å². The number of H-pyrrole nitrogens is 1. The van der Waals surface area contributed by atoms with Gasteiger partial charge in [0.05, 0.1) is 18.8 Å². The Balaban J connectivity index is 1.93. The first-order valence-corrected chi connectivity index (χ1v) is 8.60. The topological polar surface area (TPSA) is 93.2 Å². The molecular weight excluding hydrogens is 365 g/mol. The smallest absolute Gasteiger partial charge is 0.328 e. The Kier molecular flexibility index (Phi) is 5.69. The molecule has 0 atom stereocenters. The van der Waals surface area contributed by atoms with Gasteiger partial charge in [-0.05, 0) is 25.1 Å². The number of nitrogens with one attached hydrogen (secondary N) is 2. The molecular formula is C20H18FN3O4. The van der Waals surface area contributed by atoms with E-state index in [1.165, 1.54) is 18.2 Å². The number of ether oxygens (including phenoxy) is 1. The Hall–Kier alpha value is -3.68. The van der Waals surface area contributed by atoms with Gasteiger partial charge in [0, 0.05) is 11.8 Å². The molecule has 0 saturated carbocycles. The van der Waals surface area contributed by atoms with Gasteiger partial charge in [-0.2, -0.15) is 0 Å². The van der Waals surface area contributed by atoms with Crippen LogP contribution >= 0.6 is 0 Å². The molecule has 1 aromatic heterocycles. The van der Waals surface area contributed by atoms with Gasteiger partial charge in [-0.1, -0.05) is 30.3 Å². The number of aromatic amines is 1. The average Bonchev–Trinajstić information content (AvgIpc) is 2.68. The normalized spacial score (nSPS) is 10.5. The standard InChI is InChI=1S/C20H18FN3O4/c1-2-28-17-10-6-5-9-16(17)23-18(25)14-11-22-20(27)24(19(14)26)12-13-7-3-4-8-15(13)21/h3-11H,2,12H2,1H3,(H,22,27)(H,23,25). The van der Waals surface area contributed by atoms with Gasteiger partial charge in [-0.3, -0.25) is 14.2 Å². The van der Waals surface area contributed by atoms with Gasteiger partial charge >= 0.3 is 5.69 Å². The van der Waals surface area contributed by atoms with E-state index >= 15 is 0 Å². The number of carbonyl (C=O) groups excluding carboxylic acids is 1. The summed E-state index contributed by atoms with van der Waals surface area (Å²) in [5.74, 6) is -0.806. The van der Waals surface area contributed by atoms with Crippen LogP contribution in [0, 0.1) is 5.82 Å². The van der Waals surface area contributed by atoms with E-state index in [1.54, 1.807) is 30.3 Å². The highest BCUT2D eigenvalue weighted by molar-refractivity contribution is 6.04. The van der Waals surface area contributed by atoms with E-state index in [1.807, 2.05) is 6.92 Å². The molecule has 3 aromatic rings. The highest BCUT2D eigenvalue weighted by Gasteiger charge is 2.17. The second kappa shape index (κ2) is 8.34. The van der Waals surface area contributed by atoms with Crippen LogP contribution in [0.2, 0.25) is 0 Å². The quantitative estimate of drug-likeness (QED) is 0.683. The van der Waals surface area contributed by atoms with Crippen molar-refractivity contribution in [2.75, 3.05) is 11.9 Å². The lowest BCUT2D eigenvalue weighted by Crippen LogP contribution is -2.39. The van der Waals surface area contributed by atoms with Crippen molar-refractivity contribution in [1.29, 1.82) is 0 Å². The molecule has 144 valence electrons. The number of anilines is 1. The lowest BCUT2D eigenvalue weighted by atomic mass is 10.2. The van der Waals surface area contributed by atoms with Crippen molar-refractivity contribution in [2.24, 2.45) is 0 Å². The lowest BCUT2D eigenvalue weighted by molar-refractivity contribution is 0.102. The van der Waals surface area contributed by atoms with Gasteiger partial charge in [0.2, 0.25) is 0 Å². The molecule has 0 spiro atoms. The largest absolute Gasteiger partial charge is 0.492 e. The molecule has 0 aliphatic carbocycles. The number of benzene rings is 2. The zero-order chi connectivity index (χ0) is 20.1.